The summed E-state index contributed by atoms with van der Waals surface area (Å²) in [7, 11) is 26.8. The lowest BCUT2D eigenvalue weighted by atomic mass is 10.0. The molecule has 3 rings (SSSR count). The number of quaternary nitrogens is 4. The van der Waals surface area contributed by atoms with E-state index in [4.69, 9.17) is 0 Å². The van der Waals surface area contributed by atoms with Gasteiger partial charge in [0.05, 0.1) is 122 Å². The van der Waals surface area contributed by atoms with Crippen molar-refractivity contribution in [2.45, 2.75) is 103 Å². The third-order valence-corrected chi connectivity index (χ3v) is 12.8. The summed E-state index contributed by atoms with van der Waals surface area (Å²) in [5.74, 6) is -5.64. The molecule has 0 fully saturated rings. The fraction of sp³-hybridized carbons (Fsp3) is 0.621. The van der Waals surface area contributed by atoms with Crippen LogP contribution in [0.25, 0.3) is 24.3 Å². The van der Waals surface area contributed by atoms with E-state index in [1.165, 1.54) is 115 Å². The molecule has 0 aliphatic carbocycles. The average molecular weight is 953 g/mol. The van der Waals surface area contributed by atoms with Crippen LogP contribution in [0.3, 0.4) is 0 Å². The molecule has 3 aromatic carbocycles. The minimum absolute atomic E-state index is 0.686. The predicted octanol–water partition coefficient (Wildman–Crippen LogP) is 13.3. The predicted molar refractivity (Wildman–Crippen MR) is 287 cm³/mol. The molecule has 6 nitrogen and oxygen atoms in total. The summed E-state index contributed by atoms with van der Waals surface area (Å²) >= 11 is 0. The maximum absolute atomic E-state index is 15.5. The lowest BCUT2D eigenvalue weighted by Crippen LogP contribution is -2.35. The van der Waals surface area contributed by atoms with Crippen LogP contribution < -0.4 is 9.80 Å². The molecule has 0 unspecified atom stereocenters. The number of halogens is 4. The topological polar surface area (TPSA) is 6.48 Å². The Balaban J connectivity index is 1.69. The number of benzene rings is 3. The molecule has 0 aromatic heterocycles. The number of rotatable bonds is 34. The van der Waals surface area contributed by atoms with Crippen molar-refractivity contribution in [1.82, 2.24) is 0 Å². The van der Waals surface area contributed by atoms with Gasteiger partial charge in [-0.15, -0.1) is 0 Å². The summed E-state index contributed by atoms with van der Waals surface area (Å²) in [6, 6.07) is 15.7. The van der Waals surface area contributed by atoms with E-state index in [1.54, 1.807) is 0 Å². The van der Waals surface area contributed by atoms with Gasteiger partial charge in [-0.05, 0) is 125 Å². The minimum Gasteiger partial charge on any atom is -0.372 e. The molecule has 0 spiro atoms. The molecule has 0 aliphatic rings. The summed E-state index contributed by atoms with van der Waals surface area (Å²) in [5, 5.41) is 0. The van der Waals surface area contributed by atoms with E-state index < -0.39 is 34.4 Å². The first kappa shape index (κ1) is 58.6. The van der Waals surface area contributed by atoms with E-state index >= 15 is 17.6 Å². The highest BCUT2D eigenvalue weighted by Crippen LogP contribution is 2.29. The second kappa shape index (κ2) is 28.8. The Labute approximate surface area is 413 Å². The molecule has 3 aromatic rings. The van der Waals surface area contributed by atoms with Gasteiger partial charge in [0.1, 0.15) is 0 Å². The van der Waals surface area contributed by atoms with Gasteiger partial charge in [-0.2, -0.15) is 0 Å². The molecule has 382 valence electrons. The quantitative estimate of drug-likeness (QED) is 0.0193. The van der Waals surface area contributed by atoms with Gasteiger partial charge in [-0.3, -0.25) is 0 Å². The third-order valence-electron chi connectivity index (χ3n) is 12.8. The van der Waals surface area contributed by atoms with E-state index in [9.17, 15) is 0 Å². The van der Waals surface area contributed by atoms with Crippen molar-refractivity contribution in [3.05, 3.63) is 94.1 Å². The molecule has 0 atom stereocenters. The first-order valence-corrected chi connectivity index (χ1v) is 26.1. The van der Waals surface area contributed by atoms with Crippen molar-refractivity contribution >= 4 is 35.7 Å². The summed E-state index contributed by atoms with van der Waals surface area (Å²) in [6.07, 6.45) is 24.2. The Hall–Kier alpha value is -3.70. The lowest BCUT2D eigenvalue weighted by molar-refractivity contribution is -0.870. The zero-order valence-electron chi connectivity index (χ0n) is 45.1. The van der Waals surface area contributed by atoms with Crippen LogP contribution in [-0.2, 0) is 0 Å². The van der Waals surface area contributed by atoms with Crippen LogP contribution >= 0.6 is 0 Å². The number of unbranched alkanes of at least 4 members (excludes halogenated alkanes) is 12. The Kier molecular flexibility index (Phi) is 24.9. The van der Waals surface area contributed by atoms with Crippen LogP contribution in [0.5, 0.6) is 0 Å². The van der Waals surface area contributed by atoms with Gasteiger partial charge in [0, 0.05) is 37.6 Å². The molecule has 10 heteroatoms. The number of hydrogen-bond acceptors (Lipinski definition) is 2. The molecule has 0 N–H and O–H groups in total. The van der Waals surface area contributed by atoms with E-state index in [0.717, 1.165) is 93.3 Å². The van der Waals surface area contributed by atoms with E-state index in [0.29, 0.717) is 11.1 Å². The number of anilines is 2. The van der Waals surface area contributed by atoms with Crippen molar-refractivity contribution in [3.8, 4) is 0 Å². The fourth-order valence-corrected chi connectivity index (χ4v) is 8.62. The molecule has 0 heterocycles. The SMILES string of the molecule is C[N+](C)(C)CCCCCCN(CCCCCC[N+](C)(C)C)c1ccc(/C=C/c2c(F)c(F)c(/C=C/c3ccc(N(CCCCCC[N+](C)(C)C)CCCCCC[N+](C)(C)C)cc3)c(F)c2F)cc1. The molecule has 0 aliphatic heterocycles. The molecule has 0 amide bonds. The number of hydrogen-bond donors (Lipinski definition) is 0. The van der Waals surface area contributed by atoms with Crippen LogP contribution in [0.2, 0.25) is 0 Å². The smallest absolute Gasteiger partial charge is 0.169 e. The molecule has 68 heavy (non-hydrogen) atoms. The molecule has 0 saturated carbocycles. The van der Waals surface area contributed by atoms with Crippen molar-refractivity contribution in [1.29, 1.82) is 0 Å². The first-order valence-electron chi connectivity index (χ1n) is 26.1. The summed E-state index contributed by atoms with van der Waals surface area (Å²) < 4.78 is 66.0. The zero-order valence-corrected chi connectivity index (χ0v) is 45.1. The fourth-order valence-electron chi connectivity index (χ4n) is 8.62. The second-order valence-corrected chi connectivity index (χ2v) is 23.6. The van der Waals surface area contributed by atoms with Crippen LogP contribution in [0.4, 0.5) is 28.9 Å². The van der Waals surface area contributed by atoms with Crippen molar-refractivity contribution in [3.63, 3.8) is 0 Å². The van der Waals surface area contributed by atoms with Gasteiger partial charge in [0.2, 0.25) is 0 Å². The van der Waals surface area contributed by atoms with Crippen molar-refractivity contribution < 1.29 is 35.5 Å². The van der Waals surface area contributed by atoms with E-state index in [-0.39, 0.29) is 0 Å². The highest BCUT2D eigenvalue weighted by Gasteiger charge is 2.23. The van der Waals surface area contributed by atoms with Gasteiger partial charge in [0.15, 0.2) is 23.3 Å². The maximum atomic E-state index is 15.5. The van der Waals surface area contributed by atoms with Crippen LogP contribution in [0, 0.1) is 23.3 Å². The Morgan fingerprint density at radius 1 is 0.309 bits per heavy atom. The van der Waals surface area contributed by atoms with Gasteiger partial charge >= 0.3 is 0 Å². The lowest BCUT2D eigenvalue weighted by Gasteiger charge is -2.26. The van der Waals surface area contributed by atoms with Gasteiger partial charge < -0.3 is 27.7 Å². The van der Waals surface area contributed by atoms with E-state index in [2.05, 4.69) is 94.4 Å². The summed E-state index contributed by atoms with van der Waals surface area (Å²) in [5.41, 5.74) is 2.11. The number of nitrogens with zero attached hydrogens (tertiary/aromatic N) is 6. The normalized spacial score (nSPS) is 12.8. The molecular formula is C58H96F4N6+4. The summed E-state index contributed by atoms with van der Waals surface area (Å²) in [4.78, 5) is 4.89. The van der Waals surface area contributed by atoms with Crippen LogP contribution in [0.1, 0.15) is 125 Å². The van der Waals surface area contributed by atoms with Crippen molar-refractivity contribution in [2.24, 2.45) is 0 Å². The van der Waals surface area contributed by atoms with E-state index in [1.807, 2.05) is 48.5 Å². The maximum Gasteiger partial charge on any atom is 0.169 e. The second-order valence-electron chi connectivity index (χ2n) is 23.6. The molecule has 0 saturated heterocycles. The van der Waals surface area contributed by atoms with Crippen LogP contribution in [-0.4, -0.2) is 155 Å². The largest absolute Gasteiger partial charge is 0.372 e. The van der Waals surface area contributed by atoms with Gasteiger partial charge in [-0.25, -0.2) is 17.6 Å². The standard InChI is InChI=1S/C58H96F4N6/c1-65(2,3)45-25-17-13-21-41-63(42-22-14-18-26-46-66(4,5)6)51-35-29-49(30-36-51)33-39-53-55(59)57(61)54(58(62)56(53)60)40-34-50-31-37-52(38-32-50)64(43-23-15-19-27-47-67(7,8)9)44-24-16-20-28-48-68(10,11)12/h29-40H,13-28,41-48H2,1-12H3/q+4/b39-33+,40-34+. The van der Waals surface area contributed by atoms with Crippen molar-refractivity contribution in [2.75, 3.05) is 147 Å². The Bertz CT molecular complexity index is 1710. The molecule has 0 radical (unpaired) electrons. The Morgan fingerprint density at radius 3 is 0.750 bits per heavy atom. The first-order chi connectivity index (χ1) is 31.9. The highest BCUT2D eigenvalue weighted by atomic mass is 19.2. The monoisotopic (exact) mass is 953 g/mol. The van der Waals surface area contributed by atoms with Gasteiger partial charge in [-0.1, -0.05) is 62.1 Å². The minimum atomic E-state index is -1.41. The van der Waals surface area contributed by atoms with Crippen LogP contribution in [0.15, 0.2) is 48.5 Å². The Morgan fingerprint density at radius 2 is 0.529 bits per heavy atom. The molecule has 0 bridgehead atoms. The average Bonchev–Trinajstić information content (AvgIpc) is 3.25. The summed E-state index contributed by atoms with van der Waals surface area (Å²) in [6.45, 7) is 8.55. The zero-order chi connectivity index (χ0) is 50.4. The third kappa shape index (κ3) is 24.2. The van der Waals surface area contributed by atoms with Gasteiger partial charge in [0.25, 0.3) is 0 Å². The molecular weight excluding hydrogens is 857 g/mol. The highest BCUT2D eigenvalue weighted by molar-refractivity contribution is 5.75.